The lowest BCUT2D eigenvalue weighted by atomic mass is 9.84. The van der Waals surface area contributed by atoms with E-state index in [-0.39, 0.29) is 12.0 Å². The molecule has 1 heterocycles. The van der Waals surface area contributed by atoms with E-state index >= 15 is 0 Å². The van der Waals surface area contributed by atoms with E-state index in [4.69, 9.17) is 4.74 Å². The van der Waals surface area contributed by atoms with E-state index in [1.54, 1.807) is 13.1 Å². The first kappa shape index (κ1) is 18.6. The number of aliphatic hydroxyl groups excluding tert-OH is 1. The Balaban J connectivity index is 1.81. The van der Waals surface area contributed by atoms with Crippen molar-refractivity contribution in [3.8, 4) is 0 Å². The number of benzene rings is 1. The van der Waals surface area contributed by atoms with Crippen molar-refractivity contribution in [2.45, 2.75) is 19.3 Å². The highest BCUT2D eigenvalue weighted by Gasteiger charge is 2.34. The number of hydrogen-bond donors (Lipinski definition) is 3. The second kappa shape index (κ2) is 8.94. The van der Waals surface area contributed by atoms with Gasteiger partial charge in [0.15, 0.2) is 17.6 Å². The summed E-state index contributed by atoms with van der Waals surface area (Å²) in [7, 11) is 1.65. The van der Waals surface area contributed by atoms with Crippen molar-refractivity contribution in [1.29, 1.82) is 0 Å². The van der Waals surface area contributed by atoms with Gasteiger partial charge in [0.05, 0.1) is 6.61 Å². The number of guanidine groups is 1. The molecule has 0 spiro atoms. The molecule has 0 aliphatic carbocycles. The van der Waals surface area contributed by atoms with Crippen LogP contribution in [0.2, 0.25) is 0 Å². The van der Waals surface area contributed by atoms with E-state index in [0.717, 1.165) is 12.5 Å². The molecular weight excluding hydrogens is 316 g/mol. The molecule has 0 amide bonds. The molecule has 134 valence electrons. The van der Waals surface area contributed by atoms with Gasteiger partial charge in [-0.1, -0.05) is 12.1 Å². The predicted octanol–water partition coefficient (Wildman–Crippen LogP) is 1.46. The van der Waals surface area contributed by atoms with E-state index in [0.29, 0.717) is 50.7 Å². The number of ether oxygens (including phenoxy) is 1. The van der Waals surface area contributed by atoms with Gasteiger partial charge in [-0.2, -0.15) is 0 Å². The summed E-state index contributed by atoms with van der Waals surface area (Å²) in [6.45, 7) is 2.51. The van der Waals surface area contributed by atoms with Gasteiger partial charge in [0.2, 0.25) is 0 Å². The Morgan fingerprint density at radius 1 is 1.38 bits per heavy atom. The van der Waals surface area contributed by atoms with Gasteiger partial charge < -0.3 is 20.5 Å². The molecule has 2 rings (SSSR count). The van der Waals surface area contributed by atoms with Crippen LogP contribution in [0, 0.1) is 17.0 Å². The summed E-state index contributed by atoms with van der Waals surface area (Å²) in [5, 5.41) is 15.6. The number of rotatable bonds is 7. The molecule has 1 aliphatic rings. The summed E-state index contributed by atoms with van der Waals surface area (Å²) in [4.78, 5) is 4.13. The first-order valence-electron chi connectivity index (χ1n) is 8.16. The Labute approximate surface area is 141 Å². The van der Waals surface area contributed by atoms with Gasteiger partial charge in [0.25, 0.3) is 0 Å². The molecule has 5 nitrogen and oxygen atoms in total. The molecule has 3 N–H and O–H groups in total. The van der Waals surface area contributed by atoms with Gasteiger partial charge in [-0.15, -0.1) is 0 Å². The molecule has 1 aliphatic heterocycles. The van der Waals surface area contributed by atoms with E-state index in [2.05, 4.69) is 15.6 Å². The highest BCUT2D eigenvalue weighted by Crippen LogP contribution is 2.31. The second-order valence-electron chi connectivity index (χ2n) is 6.09. The van der Waals surface area contributed by atoms with Crippen LogP contribution in [0.15, 0.2) is 23.2 Å². The zero-order chi connectivity index (χ0) is 17.4. The van der Waals surface area contributed by atoms with Crippen LogP contribution in [-0.4, -0.2) is 51.0 Å². The van der Waals surface area contributed by atoms with Crippen LogP contribution < -0.4 is 10.6 Å². The third-order valence-electron chi connectivity index (χ3n) is 4.40. The fourth-order valence-corrected chi connectivity index (χ4v) is 2.86. The number of halogens is 2. The largest absolute Gasteiger partial charge is 0.396 e. The Bertz CT molecular complexity index is 561. The number of nitrogens with zero attached hydrogens (tertiary/aromatic N) is 1. The van der Waals surface area contributed by atoms with Crippen molar-refractivity contribution >= 4 is 5.96 Å². The Morgan fingerprint density at radius 2 is 2.21 bits per heavy atom. The van der Waals surface area contributed by atoms with Gasteiger partial charge >= 0.3 is 0 Å². The quantitative estimate of drug-likeness (QED) is 0.519. The molecule has 0 aromatic heterocycles. The Kier molecular flexibility index (Phi) is 6.93. The Morgan fingerprint density at radius 3 is 2.88 bits per heavy atom. The van der Waals surface area contributed by atoms with Gasteiger partial charge in [-0.3, -0.25) is 4.99 Å². The number of hydrogen-bond acceptors (Lipinski definition) is 3. The SMILES string of the molecule is CN=C(NCCc1cccc(F)c1F)NCC1(CCO)CCOC1. The average molecular weight is 341 g/mol. The summed E-state index contributed by atoms with van der Waals surface area (Å²) in [6.07, 6.45) is 1.92. The fourth-order valence-electron chi connectivity index (χ4n) is 2.86. The number of nitrogens with one attached hydrogen (secondary N) is 2. The zero-order valence-electron chi connectivity index (χ0n) is 13.9. The molecule has 7 heteroatoms. The third kappa shape index (κ3) is 4.88. The molecule has 1 aromatic rings. The highest BCUT2D eigenvalue weighted by molar-refractivity contribution is 5.79. The van der Waals surface area contributed by atoms with E-state index in [1.807, 2.05) is 0 Å². The first-order chi connectivity index (χ1) is 11.6. The lowest BCUT2D eigenvalue weighted by Gasteiger charge is -2.27. The minimum atomic E-state index is -0.831. The maximum Gasteiger partial charge on any atom is 0.191 e. The van der Waals surface area contributed by atoms with Crippen molar-refractivity contribution in [2.75, 3.05) is 40.0 Å². The van der Waals surface area contributed by atoms with Crippen LogP contribution in [0.5, 0.6) is 0 Å². The third-order valence-corrected chi connectivity index (χ3v) is 4.40. The molecule has 0 radical (unpaired) electrons. The van der Waals surface area contributed by atoms with Gasteiger partial charge in [0.1, 0.15) is 0 Å². The topological polar surface area (TPSA) is 65.9 Å². The van der Waals surface area contributed by atoms with E-state index < -0.39 is 11.6 Å². The fraction of sp³-hybridized carbons (Fsp3) is 0.588. The molecule has 0 bridgehead atoms. The molecule has 0 saturated carbocycles. The lowest BCUT2D eigenvalue weighted by Crippen LogP contribution is -2.45. The number of aliphatic hydroxyl groups is 1. The zero-order valence-corrected chi connectivity index (χ0v) is 13.9. The standard InChI is InChI=1S/C17H25F2N3O2/c1-20-16(22-11-17(6-9-23)7-10-24-12-17)21-8-5-13-3-2-4-14(18)15(13)19/h2-4,23H,5-12H2,1H3,(H2,20,21,22). The normalized spacial score (nSPS) is 21.1. The van der Waals surface area contributed by atoms with E-state index in [9.17, 15) is 13.9 Å². The van der Waals surface area contributed by atoms with Crippen molar-refractivity contribution in [2.24, 2.45) is 10.4 Å². The Hall–Kier alpha value is -1.73. The predicted molar refractivity (Wildman–Crippen MR) is 89.0 cm³/mol. The van der Waals surface area contributed by atoms with Crippen LogP contribution in [0.4, 0.5) is 8.78 Å². The van der Waals surface area contributed by atoms with Crippen LogP contribution in [0.25, 0.3) is 0 Å². The number of aliphatic imine (C=N–C) groups is 1. The van der Waals surface area contributed by atoms with Crippen molar-refractivity contribution in [1.82, 2.24) is 10.6 Å². The van der Waals surface area contributed by atoms with Crippen LogP contribution in [0.1, 0.15) is 18.4 Å². The van der Waals surface area contributed by atoms with Crippen LogP contribution >= 0.6 is 0 Å². The van der Waals surface area contributed by atoms with Crippen molar-refractivity contribution in [3.63, 3.8) is 0 Å². The summed E-state index contributed by atoms with van der Waals surface area (Å²) in [5.74, 6) is -1.04. The monoisotopic (exact) mass is 341 g/mol. The van der Waals surface area contributed by atoms with Gasteiger partial charge in [-0.05, 0) is 30.9 Å². The molecule has 1 fully saturated rings. The molecular formula is C17H25F2N3O2. The van der Waals surface area contributed by atoms with Gasteiger partial charge in [0, 0.05) is 38.8 Å². The molecule has 1 saturated heterocycles. The molecule has 1 unspecified atom stereocenters. The first-order valence-corrected chi connectivity index (χ1v) is 8.16. The average Bonchev–Trinajstić information content (AvgIpc) is 3.03. The minimum absolute atomic E-state index is 0.0823. The summed E-state index contributed by atoms with van der Waals surface area (Å²) in [5.41, 5.74) is 0.250. The maximum absolute atomic E-state index is 13.6. The summed E-state index contributed by atoms with van der Waals surface area (Å²) >= 11 is 0. The van der Waals surface area contributed by atoms with Gasteiger partial charge in [-0.25, -0.2) is 8.78 Å². The van der Waals surface area contributed by atoms with Crippen molar-refractivity contribution in [3.05, 3.63) is 35.4 Å². The highest BCUT2D eigenvalue weighted by atomic mass is 19.2. The van der Waals surface area contributed by atoms with Crippen LogP contribution in [0.3, 0.4) is 0 Å². The van der Waals surface area contributed by atoms with Crippen molar-refractivity contribution < 1.29 is 18.6 Å². The molecule has 1 aromatic carbocycles. The molecule has 1 atom stereocenters. The van der Waals surface area contributed by atoms with Crippen LogP contribution in [-0.2, 0) is 11.2 Å². The smallest absolute Gasteiger partial charge is 0.191 e. The maximum atomic E-state index is 13.6. The summed E-state index contributed by atoms with van der Waals surface area (Å²) < 4.78 is 32.2. The van der Waals surface area contributed by atoms with E-state index in [1.165, 1.54) is 6.07 Å². The lowest BCUT2D eigenvalue weighted by molar-refractivity contribution is 0.127. The molecule has 24 heavy (non-hydrogen) atoms. The summed E-state index contributed by atoms with van der Waals surface area (Å²) in [6, 6.07) is 4.18. The second-order valence-corrected chi connectivity index (χ2v) is 6.09. The minimum Gasteiger partial charge on any atom is -0.396 e.